The average Bonchev–Trinajstić information content (AvgIpc) is 2.34. The van der Waals surface area contributed by atoms with E-state index >= 15 is 0 Å². The number of amides is 2. The van der Waals surface area contributed by atoms with Crippen LogP contribution in [0.4, 0.5) is 0 Å². The van der Waals surface area contributed by atoms with Crippen molar-refractivity contribution in [2.75, 3.05) is 13.2 Å². The molecule has 0 saturated heterocycles. The van der Waals surface area contributed by atoms with E-state index in [1.54, 1.807) is 6.92 Å². The predicted octanol–water partition coefficient (Wildman–Crippen LogP) is -0.637. The van der Waals surface area contributed by atoms with Crippen LogP contribution in [0.15, 0.2) is 0 Å². The smallest absolute Gasteiger partial charge is 0.239 e. The van der Waals surface area contributed by atoms with E-state index < -0.39 is 11.6 Å². The SMILES string of the molecule is CCC(C)(CO)NC(=O)CNC(=O)[C@@H](N)C(C)C. The summed E-state index contributed by atoms with van der Waals surface area (Å²) in [5.41, 5.74) is 4.99. The maximum atomic E-state index is 11.6. The van der Waals surface area contributed by atoms with Crippen LogP contribution in [0.3, 0.4) is 0 Å². The first-order valence-electron chi connectivity index (χ1n) is 6.21. The van der Waals surface area contributed by atoms with Crippen molar-refractivity contribution in [2.45, 2.75) is 45.7 Å². The van der Waals surface area contributed by atoms with Crippen molar-refractivity contribution in [3.63, 3.8) is 0 Å². The monoisotopic (exact) mass is 259 g/mol. The fourth-order valence-electron chi connectivity index (χ4n) is 1.21. The third-order valence-corrected chi connectivity index (χ3v) is 3.01. The first-order chi connectivity index (χ1) is 8.25. The molecule has 0 aromatic heterocycles. The molecule has 2 amide bonds. The summed E-state index contributed by atoms with van der Waals surface area (Å²) in [5.74, 6) is -0.661. The Morgan fingerprint density at radius 2 is 1.94 bits per heavy atom. The minimum atomic E-state index is -0.651. The Bertz CT molecular complexity index is 288. The fraction of sp³-hybridized carbons (Fsp3) is 0.833. The lowest BCUT2D eigenvalue weighted by Gasteiger charge is -2.27. The zero-order valence-electron chi connectivity index (χ0n) is 11.6. The lowest BCUT2D eigenvalue weighted by Crippen LogP contribution is -2.53. The van der Waals surface area contributed by atoms with Crippen LogP contribution in [-0.4, -0.2) is 41.7 Å². The summed E-state index contributed by atoms with van der Waals surface area (Å²) in [5, 5.41) is 14.3. The van der Waals surface area contributed by atoms with Crippen molar-refractivity contribution in [1.82, 2.24) is 10.6 Å². The van der Waals surface area contributed by atoms with Crippen LogP contribution < -0.4 is 16.4 Å². The van der Waals surface area contributed by atoms with Gasteiger partial charge in [-0.3, -0.25) is 9.59 Å². The van der Waals surface area contributed by atoms with Gasteiger partial charge in [0.2, 0.25) is 11.8 Å². The van der Waals surface area contributed by atoms with Crippen LogP contribution in [0.5, 0.6) is 0 Å². The maximum absolute atomic E-state index is 11.6. The van der Waals surface area contributed by atoms with Crippen molar-refractivity contribution < 1.29 is 14.7 Å². The lowest BCUT2D eigenvalue weighted by molar-refractivity contribution is -0.128. The molecule has 0 spiro atoms. The highest BCUT2D eigenvalue weighted by Gasteiger charge is 2.24. The molecular weight excluding hydrogens is 234 g/mol. The Morgan fingerprint density at radius 1 is 1.39 bits per heavy atom. The van der Waals surface area contributed by atoms with Crippen molar-refractivity contribution in [2.24, 2.45) is 11.7 Å². The maximum Gasteiger partial charge on any atom is 0.239 e. The minimum absolute atomic E-state index is 0.0198. The summed E-state index contributed by atoms with van der Waals surface area (Å²) >= 11 is 0. The third kappa shape index (κ3) is 5.46. The molecule has 0 aliphatic rings. The second kappa shape index (κ2) is 7.33. The largest absolute Gasteiger partial charge is 0.394 e. The summed E-state index contributed by atoms with van der Waals surface area (Å²) in [7, 11) is 0. The van der Waals surface area contributed by atoms with Gasteiger partial charge in [0.05, 0.1) is 24.7 Å². The van der Waals surface area contributed by atoms with Gasteiger partial charge in [-0.25, -0.2) is 0 Å². The van der Waals surface area contributed by atoms with Gasteiger partial charge in [0, 0.05) is 0 Å². The Balaban J connectivity index is 4.16. The minimum Gasteiger partial charge on any atom is -0.394 e. The summed E-state index contributed by atoms with van der Waals surface area (Å²) < 4.78 is 0. The second-order valence-corrected chi connectivity index (χ2v) is 5.11. The Morgan fingerprint density at radius 3 is 2.33 bits per heavy atom. The highest BCUT2D eigenvalue weighted by atomic mass is 16.3. The summed E-state index contributed by atoms with van der Waals surface area (Å²) in [4.78, 5) is 23.1. The molecular formula is C12H25N3O3. The standard InChI is InChI=1S/C12H25N3O3/c1-5-12(4,7-16)15-9(17)6-14-11(18)10(13)8(2)3/h8,10,16H,5-7,13H2,1-4H3,(H,14,18)(H,15,17)/t10-,12?/m0/s1. The van der Waals surface area contributed by atoms with E-state index in [2.05, 4.69) is 10.6 Å². The van der Waals surface area contributed by atoms with Crippen LogP contribution >= 0.6 is 0 Å². The van der Waals surface area contributed by atoms with Gasteiger partial charge in [-0.2, -0.15) is 0 Å². The van der Waals surface area contributed by atoms with Crippen LogP contribution in [-0.2, 0) is 9.59 Å². The number of aliphatic hydroxyl groups is 1. The van der Waals surface area contributed by atoms with Crippen molar-refractivity contribution >= 4 is 11.8 Å². The number of hydrogen-bond acceptors (Lipinski definition) is 4. The number of nitrogens with two attached hydrogens (primary N) is 1. The summed E-state index contributed by atoms with van der Waals surface area (Å²) in [6.07, 6.45) is 0.606. The second-order valence-electron chi connectivity index (χ2n) is 5.11. The molecule has 0 aromatic carbocycles. The van der Waals surface area contributed by atoms with E-state index in [9.17, 15) is 9.59 Å². The first-order valence-corrected chi connectivity index (χ1v) is 6.21. The van der Waals surface area contributed by atoms with E-state index in [4.69, 9.17) is 10.8 Å². The number of nitrogens with one attached hydrogen (secondary N) is 2. The Kier molecular flexibility index (Phi) is 6.86. The van der Waals surface area contributed by atoms with Crippen LogP contribution in [0.1, 0.15) is 34.1 Å². The van der Waals surface area contributed by atoms with Gasteiger partial charge in [0.1, 0.15) is 0 Å². The molecule has 6 heteroatoms. The van der Waals surface area contributed by atoms with Crippen molar-refractivity contribution in [3.05, 3.63) is 0 Å². The molecule has 6 nitrogen and oxygen atoms in total. The highest BCUT2D eigenvalue weighted by molar-refractivity contribution is 5.87. The number of hydrogen-bond donors (Lipinski definition) is 4. The van der Waals surface area contributed by atoms with E-state index in [0.29, 0.717) is 6.42 Å². The molecule has 0 aliphatic carbocycles. The van der Waals surface area contributed by atoms with Gasteiger partial charge in [-0.1, -0.05) is 20.8 Å². The van der Waals surface area contributed by atoms with Crippen molar-refractivity contribution in [3.8, 4) is 0 Å². The third-order valence-electron chi connectivity index (χ3n) is 3.01. The molecule has 5 N–H and O–H groups in total. The topological polar surface area (TPSA) is 104 Å². The number of carbonyl (C=O) groups is 2. The van der Waals surface area contributed by atoms with Crippen LogP contribution in [0.2, 0.25) is 0 Å². The average molecular weight is 259 g/mol. The molecule has 106 valence electrons. The first kappa shape index (κ1) is 16.9. The lowest BCUT2D eigenvalue weighted by atomic mass is 10.0. The molecule has 0 heterocycles. The molecule has 18 heavy (non-hydrogen) atoms. The van der Waals surface area contributed by atoms with E-state index in [1.165, 1.54) is 0 Å². The normalized spacial score (nSPS) is 15.9. The molecule has 0 radical (unpaired) electrons. The summed E-state index contributed by atoms with van der Waals surface area (Å²) in [6.45, 7) is 7.01. The Labute approximate surface area is 108 Å². The molecule has 0 aromatic rings. The van der Waals surface area contributed by atoms with Gasteiger partial charge in [-0.15, -0.1) is 0 Å². The van der Waals surface area contributed by atoms with Gasteiger partial charge in [0.25, 0.3) is 0 Å². The molecule has 0 aliphatic heterocycles. The number of rotatable bonds is 7. The molecule has 0 saturated carbocycles. The zero-order chi connectivity index (χ0) is 14.3. The summed E-state index contributed by atoms with van der Waals surface area (Å²) in [6, 6.07) is -0.617. The molecule has 0 bridgehead atoms. The van der Waals surface area contributed by atoms with Crippen molar-refractivity contribution in [1.29, 1.82) is 0 Å². The molecule has 2 atom stereocenters. The number of aliphatic hydroxyl groups excluding tert-OH is 1. The van der Waals surface area contributed by atoms with E-state index in [1.807, 2.05) is 20.8 Å². The van der Waals surface area contributed by atoms with Gasteiger partial charge < -0.3 is 21.5 Å². The molecule has 1 unspecified atom stereocenters. The van der Waals surface area contributed by atoms with E-state index in [0.717, 1.165) is 0 Å². The van der Waals surface area contributed by atoms with Crippen LogP contribution in [0.25, 0.3) is 0 Å². The molecule has 0 fully saturated rings. The van der Waals surface area contributed by atoms with E-state index in [-0.39, 0.29) is 30.9 Å². The quantitative estimate of drug-likeness (QED) is 0.488. The van der Waals surface area contributed by atoms with Gasteiger partial charge in [-0.05, 0) is 19.3 Å². The highest BCUT2D eigenvalue weighted by Crippen LogP contribution is 2.06. The predicted molar refractivity (Wildman–Crippen MR) is 69.7 cm³/mol. The molecule has 0 rings (SSSR count). The fourth-order valence-corrected chi connectivity index (χ4v) is 1.21. The Hall–Kier alpha value is -1.14. The zero-order valence-corrected chi connectivity index (χ0v) is 11.6. The van der Waals surface area contributed by atoms with Gasteiger partial charge >= 0.3 is 0 Å². The number of carbonyl (C=O) groups excluding carboxylic acids is 2. The van der Waals surface area contributed by atoms with Crippen LogP contribution in [0, 0.1) is 5.92 Å². The van der Waals surface area contributed by atoms with Gasteiger partial charge in [0.15, 0.2) is 0 Å².